The number of carbonyl (C=O) groups excluding carboxylic acids is 1. The highest BCUT2D eigenvalue weighted by Gasteiger charge is 2.18. The second kappa shape index (κ2) is 6.47. The van der Waals surface area contributed by atoms with Gasteiger partial charge in [0, 0.05) is 23.7 Å². The van der Waals surface area contributed by atoms with Crippen molar-refractivity contribution >= 4 is 11.6 Å². The standard InChI is InChI=1S/C14H19N3O3/c1-10-2-6-12(7-3-10)15-16-14(18)11-4-8-13(9-5-11)17(19)20/h4-5,8-10,12,15H,2-3,6-7H2,1H3,(H,16,18). The van der Waals surface area contributed by atoms with Crippen molar-refractivity contribution in [1.29, 1.82) is 0 Å². The largest absolute Gasteiger partial charge is 0.287 e. The second-order valence-electron chi connectivity index (χ2n) is 5.36. The minimum absolute atomic E-state index is 0.0178. The first-order valence-corrected chi connectivity index (χ1v) is 6.86. The van der Waals surface area contributed by atoms with Crippen LogP contribution in [0, 0.1) is 16.0 Å². The summed E-state index contributed by atoms with van der Waals surface area (Å²) < 4.78 is 0. The number of nitrogens with zero attached hydrogens (tertiary/aromatic N) is 1. The van der Waals surface area contributed by atoms with E-state index < -0.39 is 4.92 Å². The van der Waals surface area contributed by atoms with E-state index in [1.807, 2.05) is 0 Å². The van der Waals surface area contributed by atoms with Crippen LogP contribution in [-0.4, -0.2) is 16.9 Å². The fourth-order valence-electron chi connectivity index (χ4n) is 2.38. The third-order valence-electron chi connectivity index (χ3n) is 3.75. The molecular weight excluding hydrogens is 258 g/mol. The predicted octanol–water partition coefficient (Wildman–Crippen LogP) is 2.41. The minimum Gasteiger partial charge on any atom is -0.287 e. The molecular formula is C14H19N3O3. The van der Waals surface area contributed by atoms with Gasteiger partial charge in [0.05, 0.1) is 4.92 Å². The Morgan fingerprint density at radius 3 is 2.35 bits per heavy atom. The Kier molecular flexibility index (Phi) is 4.68. The summed E-state index contributed by atoms with van der Waals surface area (Å²) in [4.78, 5) is 21.9. The van der Waals surface area contributed by atoms with Gasteiger partial charge in [0.1, 0.15) is 0 Å². The summed E-state index contributed by atoms with van der Waals surface area (Å²) in [5, 5.41) is 10.5. The molecule has 0 bridgehead atoms. The summed E-state index contributed by atoms with van der Waals surface area (Å²) in [6.45, 7) is 2.24. The van der Waals surface area contributed by atoms with E-state index in [9.17, 15) is 14.9 Å². The Morgan fingerprint density at radius 2 is 1.80 bits per heavy atom. The fraction of sp³-hybridized carbons (Fsp3) is 0.500. The molecule has 6 heteroatoms. The fourth-order valence-corrected chi connectivity index (χ4v) is 2.38. The van der Waals surface area contributed by atoms with Crippen LogP contribution in [0.3, 0.4) is 0 Å². The van der Waals surface area contributed by atoms with Crippen molar-refractivity contribution in [3.63, 3.8) is 0 Å². The molecule has 1 aliphatic rings. The zero-order chi connectivity index (χ0) is 14.5. The molecule has 108 valence electrons. The van der Waals surface area contributed by atoms with Gasteiger partial charge < -0.3 is 0 Å². The van der Waals surface area contributed by atoms with Gasteiger partial charge in [-0.25, -0.2) is 5.43 Å². The minimum atomic E-state index is -0.483. The molecule has 0 radical (unpaired) electrons. The summed E-state index contributed by atoms with van der Waals surface area (Å²) in [6, 6.07) is 5.89. The zero-order valence-corrected chi connectivity index (χ0v) is 11.5. The van der Waals surface area contributed by atoms with E-state index in [1.54, 1.807) is 0 Å². The normalized spacial score (nSPS) is 22.2. The van der Waals surface area contributed by atoms with Crippen LogP contribution in [0.15, 0.2) is 24.3 Å². The third-order valence-corrected chi connectivity index (χ3v) is 3.75. The van der Waals surface area contributed by atoms with Gasteiger partial charge >= 0.3 is 0 Å². The Hall–Kier alpha value is -1.95. The van der Waals surface area contributed by atoms with Crippen LogP contribution >= 0.6 is 0 Å². The van der Waals surface area contributed by atoms with Crippen LogP contribution in [0.5, 0.6) is 0 Å². The van der Waals surface area contributed by atoms with Crippen molar-refractivity contribution < 1.29 is 9.72 Å². The number of nitrogens with one attached hydrogen (secondary N) is 2. The molecule has 0 saturated heterocycles. The Morgan fingerprint density at radius 1 is 1.20 bits per heavy atom. The number of hydrazine groups is 1. The topological polar surface area (TPSA) is 84.3 Å². The van der Waals surface area contributed by atoms with Crippen LogP contribution in [0.25, 0.3) is 0 Å². The van der Waals surface area contributed by atoms with E-state index >= 15 is 0 Å². The molecule has 2 rings (SSSR count). The first kappa shape index (κ1) is 14.5. The first-order valence-electron chi connectivity index (χ1n) is 6.86. The second-order valence-corrected chi connectivity index (χ2v) is 5.36. The van der Waals surface area contributed by atoms with E-state index in [2.05, 4.69) is 17.8 Å². The van der Waals surface area contributed by atoms with Crippen LogP contribution in [0.4, 0.5) is 5.69 Å². The lowest BCUT2D eigenvalue weighted by Crippen LogP contribution is -2.45. The molecule has 1 aliphatic carbocycles. The lowest BCUT2D eigenvalue weighted by Gasteiger charge is -2.27. The molecule has 1 amide bonds. The number of nitro groups is 1. The summed E-state index contributed by atoms with van der Waals surface area (Å²) in [5.41, 5.74) is 6.11. The smallest absolute Gasteiger partial charge is 0.269 e. The Labute approximate surface area is 117 Å². The van der Waals surface area contributed by atoms with Crippen molar-refractivity contribution in [1.82, 2.24) is 10.9 Å². The quantitative estimate of drug-likeness (QED) is 0.654. The molecule has 1 saturated carbocycles. The molecule has 0 spiro atoms. The average Bonchev–Trinajstić information content (AvgIpc) is 2.46. The highest BCUT2D eigenvalue weighted by molar-refractivity contribution is 5.94. The SMILES string of the molecule is CC1CCC(NNC(=O)c2ccc([N+](=O)[O-])cc2)CC1. The third kappa shape index (κ3) is 3.77. The van der Waals surface area contributed by atoms with Crippen LogP contribution < -0.4 is 10.9 Å². The van der Waals surface area contributed by atoms with E-state index in [0.717, 1.165) is 18.8 Å². The average molecular weight is 277 g/mol. The van der Waals surface area contributed by atoms with Gasteiger partial charge in [0.15, 0.2) is 0 Å². The lowest BCUT2D eigenvalue weighted by molar-refractivity contribution is -0.384. The van der Waals surface area contributed by atoms with Crippen LogP contribution in [-0.2, 0) is 0 Å². The van der Waals surface area contributed by atoms with Crippen molar-refractivity contribution in [2.75, 3.05) is 0 Å². The van der Waals surface area contributed by atoms with Gasteiger partial charge in [-0.05, 0) is 43.7 Å². The van der Waals surface area contributed by atoms with Gasteiger partial charge in [-0.2, -0.15) is 0 Å². The van der Waals surface area contributed by atoms with E-state index in [0.29, 0.717) is 11.6 Å². The molecule has 2 N–H and O–H groups in total. The molecule has 1 fully saturated rings. The molecule has 0 aromatic heterocycles. The van der Waals surface area contributed by atoms with Crippen LogP contribution in [0.1, 0.15) is 43.0 Å². The lowest BCUT2D eigenvalue weighted by atomic mass is 9.88. The van der Waals surface area contributed by atoms with Gasteiger partial charge in [0.25, 0.3) is 11.6 Å². The van der Waals surface area contributed by atoms with Crippen molar-refractivity contribution in [2.45, 2.75) is 38.6 Å². The molecule has 0 unspecified atom stereocenters. The van der Waals surface area contributed by atoms with E-state index in [1.165, 1.54) is 37.1 Å². The number of nitro benzene ring substituents is 1. The summed E-state index contributed by atoms with van der Waals surface area (Å²) in [7, 11) is 0. The van der Waals surface area contributed by atoms with Gasteiger partial charge in [-0.1, -0.05) is 6.92 Å². The number of benzene rings is 1. The molecule has 0 aliphatic heterocycles. The number of hydrogen-bond acceptors (Lipinski definition) is 4. The molecule has 1 aromatic carbocycles. The van der Waals surface area contributed by atoms with Crippen LogP contribution in [0.2, 0.25) is 0 Å². The molecule has 0 heterocycles. The first-order chi connectivity index (χ1) is 9.56. The van der Waals surface area contributed by atoms with Crippen molar-refractivity contribution in [2.24, 2.45) is 5.92 Å². The number of amides is 1. The number of rotatable bonds is 4. The van der Waals surface area contributed by atoms with Gasteiger partial charge in [0.2, 0.25) is 0 Å². The number of non-ortho nitro benzene ring substituents is 1. The highest BCUT2D eigenvalue weighted by atomic mass is 16.6. The molecule has 6 nitrogen and oxygen atoms in total. The maximum absolute atomic E-state index is 11.9. The summed E-state index contributed by atoms with van der Waals surface area (Å²) in [6.07, 6.45) is 4.46. The monoisotopic (exact) mass is 277 g/mol. The van der Waals surface area contributed by atoms with E-state index in [4.69, 9.17) is 0 Å². The van der Waals surface area contributed by atoms with Crippen molar-refractivity contribution in [3.05, 3.63) is 39.9 Å². The van der Waals surface area contributed by atoms with E-state index in [-0.39, 0.29) is 11.6 Å². The Bertz CT molecular complexity index is 479. The maximum atomic E-state index is 11.9. The summed E-state index contributed by atoms with van der Waals surface area (Å²) in [5.74, 6) is 0.497. The van der Waals surface area contributed by atoms with Gasteiger partial charge in [-0.15, -0.1) is 0 Å². The maximum Gasteiger partial charge on any atom is 0.269 e. The molecule has 1 aromatic rings. The zero-order valence-electron chi connectivity index (χ0n) is 11.5. The highest BCUT2D eigenvalue weighted by Crippen LogP contribution is 2.23. The Balaban J connectivity index is 1.84. The van der Waals surface area contributed by atoms with Crippen molar-refractivity contribution in [3.8, 4) is 0 Å². The molecule has 20 heavy (non-hydrogen) atoms. The number of hydrogen-bond donors (Lipinski definition) is 2. The van der Waals surface area contributed by atoms with Gasteiger partial charge in [-0.3, -0.25) is 20.3 Å². The molecule has 0 atom stereocenters. The predicted molar refractivity (Wildman–Crippen MR) is 75.1 cm³/mol. The number of carbonyl (C=O) groups is 1. The summed E-state index contributed by atoms with van der Waals surface area (Å²) >= 11 is 0.